The maximum atomic E-state index is 14.3. The predicted molar refractivity (Wildman–Crippen MR) is 98.9 cm³/mol. The summed E-state index contributed by atoms with van der Waals surface area (Å²) in [6.07, 6.45) is 5.29. The van der Waals surface area contributed by atoms with Crippen molar-refractivity contribution in [3.63, 3.8) is 0 Å². The number of ether oxygens (including phenoxy) is 1. The number of thiophene rings is 1. The molecule has 1 aromatic heterocycles. The van der Waals surface area contributed by atoms with E-state index in [-0.39, 0.29) is 11.6 Å². The third kappa shape index (κ3) is 4.06. The fourth-order valence-electron chi connectivity index (χ4n) is 2.51. The number of carbonyl (C=O) groups excluding carboxylic acids is 1. The Morgan fingerprint density at radius 2 is 2.08 bits per heavy atom. The Morgan fingerprint density at radius 1 is 1.29 bits per heavy atom. The van der Waals surface area contributed by atoms with Crippen molar-refractivity contribution in [2.24, 2.45) is 0 Å². The van der Waals surface area contributed by atoms with E-state index in [0.29, 0.717) is 37.6 Å². The highest BCUT2D eigenvalue weighted by Gasteiger charge is 2.16. The number of morpholine rings is 1. The molecule has 3 nitrogen and oxygen atoms in total. The molecule has 0 saturated carbocycles. The van der Waals surface area contributed by atoms with Crippen LogP contribution in [0.3, 0.4) is 0 Å². The molecule has 1 aromatic carbocycles. The van der Waals surface area contributed by atoms with Crippen LogP contribution in [-0.4, -0.2) is 38.3 Å². The third-order valence-electron chi connectivity index (χ3n) is 3.79. The average Bonchev–Trinajstić information content (AvgIpc) is 3.08. The number of rotatable bonds is 5. The van der Waals surface area contributed by atoms with Crippen LogP contribution in [0.4, 0.5) is 10.1 Å². The zero-order valence-electron chi connectivity index (χ0n) is 13.3. The summed E-state index contributed by atoms with van der Waals surface area (Å²) in [5.41, 5.74) is 0.893. The summed E-state index contributed by atoms with van der Waals surface area (Å²) in [6, 6.07) is 8.68. The van der Waals surface area contributed by atoms with Gasteiger partial charge in [-0.25, -0.2) is 4.39 Å². The first kappa shape index (κ1) is 17.2. The van der Waals surface area contributed by atoms with Gasteiger partial charge in [0.25, 0.3) is 0 Å². The molecule has 0 amide bonds. The Morgan fingerprint density at radius 3 is 2.75 bits per heavy atom. The molecule has 0 bridgehead atoms. The zero-order valence-corrected chi connectivity index (χ0v) is 15.0. The minimum atomic E-state index is -0.364. The van der Waals surface area contributed by atoms with Gasteiger partial charge in [-0.1, -0.05) is 0 Å². The lowest BCUT2D eigenvalue weighted by Gasteiger charge is -2.29. The van der Waals surface area contributed by atoms with Crippen LogP contribution in [0.1, 0.15) is 15.2 Å². The van der Waals surface area contributed by atoms with Gasteiger partial charge in [-0.05, 0) is 48.7 Å². The maximum absolute atomic E-state index is 14.3. The summed E-state index contributed by atoms with van der Waals surface area (Å²) < 4.78 is 20.8. The van der Waals surface area contributed by atoms with Gasteiger partial charge in [-0.3, -0.25) is 4.79 Å². The van der Waals surface area contributed by atoms with E-state index in [1.165, 1.54) is 16.4 Å². The number of ketones is 1. The number of anilines is 1. The fourth-order valence-corrected chi connectivity index (χ4v) is 3.98. The number of benzene rings is 1. The first-order valence-corrected chi connectivity index (χ1v) is 9.70. The molecule has 0 spiro atoms. The largest absolute Gasteiger partial charge is 0.378 e. The molecular weight excluding hydrogens is 345 g/mol. The van der Waals surface area contributed by atoms with Crippen molar-refractivity contribution in [1.82, 2.24) is 0 Å². The topological polar surface area (TPSA) is 29.5 Å². The van der Waals surface area contributed by atoms with Crippen LogP contribution in [0.5, 0.6) is 0 Å². The molecular formula is C18H18FNO2S2. The normalized spacial score (nSPS) is 15.2. The minimum Gasteiger partial charge on any atom is -0.378 e. The van der Waals surface area contributed by atoms with E-state index in [4.69, 9.17) is 4.74 Å². The van der Waals surface area contributed by atoms with Crippen LogP contribution in [0.2, 0.25) is 0 Å². The highest BCUT2D eigenvalue weighted by Crippen LogP contribution is 2.26. The zero-order chi connectivity index (χ0) is 16.9. The Balaban J connectivity index is 1.71. The molecule has 1 fully saturated rings. The summed E-state index contributed by atoms with van der Waals surface area (Å²) in [5, 5.41) is 0. The van der Waals surface area contributed by atoms with E-state index >= 15 is 0 Å². The molecule has 1 aliphatic rings. The molecule has 0 unspecified atom stereocenters. The van der Waals surface area contributed by atoms with Crippen LogP contribution in [0.15, 0.2) is 40.6 Å². The third-order valence-corrected chi connectivity index (χ3v) is 5.92. The van der Waals surface area contributed by atoms with E-state index in [1.54, 1.807) is 41.3 Å². The SMILES string of the molecule is CSc1ccc(/C=C/C(=O)c2ccc(N3CCOCC3)c(F)c2)s1. The Bertz CT molecular complexity index is 751. The van der Waals surface area contributed by atoms with E-state index in [2.05, 4.69) is 0 Å². The van der Waals surface area contributed by atoms with Gasteiger partial charge in [-0.15, -0.1) is 23.1 Å². The number of halogens is 1. The highest BCUT2D eigenvalue weighted by molar-refractivity contribution is 8.00. The molecule has 2 heterocycles. The summed E-state index contributed by atoms with van der Waals surface area (Å²) in [6.45, 7) is 2.53. The van der Waals surface area contributed by atoms with Crippen molar-refractivity contribution >= 4 is 40.6 Å². The van der Waals surface area contributed by atoms with Crippen LogP contribution >= 0.6 is 23.1 Å². The standard InChI is InChI=1S/C18H18FNO2S2/c1-23-18-7-4-14(24-18)3-6-17(21)13-2-5-16(15(19)12-13)20-8-10-22-11-9-20/h2-7,12H,8-11H2,1H3/b6-3+. The van der Waals surface area contributed by atoms with Crippen molar-refractivity contribution in [3.8, 4) is 0 Å². The number of allylic oxidation sites excluding steroid dienone is 1. The van der Waals surface area contributed by atoms with Gasteiger partial charge in [0.1, 0.15) is 5.82 Å². The Kier molecular flexibility index (Phi) is 5.71. The van der Waals surface area contributed by atoms with Gasteiger partial charge in [0.05, 0.1) is 23.1 Å². The van der Waals surface area contributed by atoms with Crippen LogP contribution in [0.25, 0.3) is 6.08 Å². The van der Waals surface area contributed by atoms with Crippen molar-refractivity contribution in [1.29, 1.82) is 0 Å². The average molecular weight is 363 g/mol. The molecule has 1 aliphatic heterocycles. The van der Waals surface area contributed by atoms with Gasteiger partial charge < -0.3 is 9.64 Å². The number of nitrogens with zero attached hydrogens (tertiary/aromatic N) is 1. The second kappa shape index (κ2) is 7.96. The number of hydrogen-bond acceptors (Lipinski definition) is 5. The van der Waals surface area contributed by atoms with Crippen molar-refractivity contribution in [3.05, 3.63) is 52.7 Å². The predicted octanol–water partition coefficient (Wildman–Crippen LogP) is 4.34. The maximum Gasteiger partial charge on any atom is 0.185 e. The minimum absolute atomic E-state index is 0.193. The fraction of sp³-hybridized carbons (Fsp3) is 0.278. The highest BCUT2D eigenvalue weighted by atomic mass is 32.2. The molecule has 0 atom stereocenters. The monoisotopic (exact) mass is 363 g/mol. The lowest BCUT2D eigenvalue weighted by molar-refractivity contribution is 0.104. The molecule has 6 heteroatoms. The Hall–Kier alpha value is -1.63. The summed E-state index contributed by atoms with van der Waals surface area (Å²) in [7, 11) is 0. The van der Waals surface area contributed by atoms with E-state index in [1.807, 2.05) is 23.3 Å². The first-order chi connectivity index (χ1) is 11.7. The number of hydrogen-bond donors (Lipinski definition) is 0. The van der Waals surface area contributed by atoms with Crippen molar-refractivity contribution < 1.29 is 13.9 Å². The van der Waals surface area contributed by atoms with E-state index < -0.39 is 0 Å². The molecule has 0 radical (unpaired) electrons. The summed E-state index contributed by atoms with van der Waals surface area (Å²) >= 11 is 3.30. The quantitative estimate of drug-likeness (QED) is 0.449. The first-order valence-electron chi connectivity index (χ1n) is 7.66. The summed E-state index contributed by atoms with van der Waals surface area (Å²) in [4.78, 5) is 15.2. The van der Waals surface area contributed by atoms with Gasteiger partial charge in [-0.2, -0.15) is 0 Å². The summed E-state index contributed by atoms with van der Waals surface area (Å²) in [5.74, 6) is -0.557. The second-order valence-electron chi connectivity index (χ2n) is 5.32. The van der Waals surface area contributed by atoms with Crippen LogP contribution < -0.4 is 4.90 Å². The molecule has 1 saturated heterocycles. The molecule has 24 heavy (non-hydrogen) atoms. The van der Waals surface area contributed by atoms with Gasteiger partial charge in [0, 0.05) is 23.5 Å². The lowest BCUT2D eigenvalue weighted by atomic mass is 10.1. The van der Waals surface area contributed by atoms with Crippen LogP contribution in [-0.2, 0) is 4.74 Å². The number of carbonyl (C=O) groups is 1. The van der Waals surface area contributed by atoms with Crippen LogP contribution in [0, 0.1) is 5.82 Å². The van der Waals surface area contributed by atoms with E-state index in [9.17, 15) is 9.18 Å². The molecule has 0 N–H and O–H groups in total. The molecule has 2 aromatic rings. The smallest absolute Gasteiger partial charge is 0.185 e. The Labute approximate surface area is 149 Å². The second-order valence-corrected chi connectivity index (χ2v) is 7.55. The van der Waals surface area contributed by atoms with Crippen molar-refractivity contribution in [2.75, 3.05) is 37.5 Å². The molecule has 126 valence electrons. The molecule has 3 rings (SSSR count). The van der Waals surface area contributed by atoms with Gasteiger partial charge in [0.2, 0.25) is 0 Å². The molecule has 0 aliphatic carbocycles. The van der Waals surface area contributed by atoms with Gasteiger partial charge in [0.15, 0.2) is 5.78 Å². The lowest BCUT2D eigenvalue weighted by Crippen LogP contribution is -2.36. The van der Waals surface area contributed by atoms with Gasteiger partial charge >= 0.3 is 0 Å². The van der Waals surface area contributed by atoms with E-state index in [0.717, 1.165) is 4.88 Å². The number of thioether (sulfide) groups is 1. The van der Waals surface area contributed by atoms with Crippen molar-refractivity contribution in [2.45, 2.75) is 4.21 Å².